The van der Waals surface area contributed by atoms with E-state index in [2.05, 4.69) is 0 Å². The number of aliphatic carboxylic acids is 1. The Morgan fingerprint density at radius 2 is 2.00 bits per heavy atom. The number of ether oxygens (including phenoxy) is 1. The smallest absolute Gasteiger partial charge is 0.331 e. The lowest BCUT2D eigenvalue weighted by molar-refractivity contribution is -0.215. The van der Waals surface area contributed by atoms with E-state index in [1.54, 1.807) is 0 Å². The number of carbonyl (C=O) groups is 2. The fourth-order valence-electron chi connectivity index (χ4n) is 2.26. The zero-order valence-electron chi connectivity index (χ0n) is 11.7. The van der Waals surface area contributed by atoms with Crippen molar-refractivity contribution >= 4 is 11.9 Å². The molecule has 21 heavy (non-hydrogen) atoms. The molecule has 0 radical (unpaired) electrons. The van der Waals surface area contributed by atoms with Gasteiger partial charge in [0.2, 0.25) is 0 Å². The van der Waals surface area contributed by atoms with E-state index < -0.39 is 18.6 Å². The normalized spacial score (nSPS) is 19.1. The van der Waals surface area contributed by atoms with E-state index in [0.717, 1.165) is 18.4 Å². The van der Waals surface area contributed by atoms with Crippen molar-refractivity contribution in [3.05, 3.63) is 35.9 Å². The molecule has 0 amide bonds. The van der Waals surface area contributed by atoms with Crippen LogP contribution in [0.4, 0.5) is 0 Å². The van der Waals surface area contributed by atoms with Gasteiger partial charge in [0, 0.05) is 6.54 Å². The average Bonchev–Trinajstić information content (AvgIpc) is 2.52. The summed E-state index contributed by atoms with van der Waals surface area (Å²) in [4.78, 5) is 27.9. The minimum Gasteiger partial charge on any atom is -0.479 e. The highest BCUT2D eigenvalue weighted by atomic mass is 16.7. The van der Waals surface area contributed by atoms with Gasteiger partial charge in [-0.3, -0.25) is 9.63 Å². The Kier molecular flexibility index (Phi) is 5.71. The summed E-state index contributed by atoms with van der Waals surface area (Å²) >= 11 is 0. The quantitative estimate of drug-likeness (QED) is 0.803. The maximum atomic E-state index is 12.1. The van der Waals surface area contributed by atoms with Crippen molar-refractivity contribution in [1.29, 1.82) is 0 Å². The summed E-state index contributed by atoms with van der Waals surface area (Å²) in [5.41, 5.74) is 0.916. The van der Waals surface area contributed by atoms with Crippen molar-refractivity contribution in [2.45, 2.75) is 31.9 Å². The van der Waals surface area contributed by atoms with Gasteiger partial charge in [-0.15, -0.1) is 0 Å². The van der Waals surface area contributed by atoms with Crippen LogP contribution in [0.1, 0.15) is 24.8 Å². The van der Waals surface area contributed by atoms with Crippen LogP contribution in [-0.2, 0) is 25.8 Å². The zero-order valence-corrected chi connectivity index (χ0v) is 11.7. The van der Waals surface area contributed by atoms with E-state index in [9.17, 15) is 9.59 Å². The summed E-state index contributed by atoms with van der Waals surface area (Å²) < 4.78 is 5.30. The van der Waals surface area contributed by atoms with Crippen molar-refractivity contribution in [2.75, 3.05) is 13.2 Å². The highest BCUT2D eigenvalue weighted by Crippen LogP contribution is 2.19. The number of hydrogen-bond acceptors (Lipinski definition) is 5. The third kappa shape index (κ3) is 4.84. The molecule has 2 rings (SSSR count). The Balaban J connectivity index is 1.87. The van der Waals surface area contributed by atoms with Gasteiger partial charge in [0.25, 0.3) is 0 Å². The summed E-state index contributed by atoms with van der Waals surface area (Å²) in [5.74, 6) is -1.43. The molecule has 0 saturated carbocycles. The van der Waals surface area contributed by atoms with Gasteiger partial charge in [0.05, 0.1) is 0 Å². The minimum atomic E-state index is -1.06. The second-order valence-electron chi connectivity index (χ2n) is 4.91. The fraction of sp³-hybridized carbons (Fsp3) is 0.467. The lowest BCUT2D eigenvalue weighted by atomic mass is 10.0. The van der Waals surface area contributed by atoms with Gasteiger partial charge in [-0.1, -0.05) is 30.3 Å². The zero-order chi connectivity index (χ0) is 15.1. The van der Waals surface area contributed by atoms with Crippen LogP contribution in [0.15, 0.2) is 30.3 Å². The minimum absolute atomic E-state index is 0.211. The number of carboxylic acids is 1. The third-order valence-corrected chi connectivity index (χ3v) is 3.30. The maximum Gasteiger partial charge on any atom is 0.331 e. The topological polar surface area (TPSA) is 76.1 Å². The summed E-state index contributed by atoms with van der Waals surface area (Å²) in [7, 11) is 0. The molecule has 1 fully saturated rings. The van der Waals surface area contributed by atoms with Crippen LogP contribution in [0.3, 0.4) is 0 Å². The fourth-order valence-corrected chi connectivity index (χ4v) is 2.26. The number of piperidine rings is 1. The van der Waals surface area contributed by atoms with Crippen molar-refractivity contribution in [2.24, 2.45) is 0 Å². The van der Waals surface area contributed by atoms with Gasteiger partial charge in [-0.05, 0) is 24.8 Å². The molecular formula is C15H19NO5. The van der Waals surface area contributed by atoms with E-state index in [1.807, 2.05) is 30.3 Å². The molecule has 1 atom stereocenters. The molecule has 1 N–H and O–H groups in total. The highest BCUT2D eigenvalue weighted by molar-refractivity contribution is 5.75. The first-order valence-corrected chi connectivity index (χ1v) is 6.99. The van der Waals surface area contributed by atoms with Crippen LogP contribution in [0, 0.1) is 0 Å². The molecule has 0 aromatic heterocycles. The van der Waals surface area contributed by atoms with Crippen LogP contribution >= 0.6 is 0 Å². The van der Waals surface area contributed by atoms with E-state index >= 15 is 0 Å². The first-order valence-electron chi connectivity index (χ1n) is 6.99. The molecule has 1 saturated heterocycles. The van der Waals surface area contributed by atoms with Crippen LogP contribution in [0.5, 0.6) is 0 Å². The van der Waals surface area contributed by atoms with Gasteiger partial charge in [0.15, 0.2) is 6.61 Å². The lowest BCUT2D eigenvalue weighted by Gasteiger charge is -2.32. The van der Waals surface area contributed by atoms with Crippen molar-refractivity contribution < 1.29 is 24.3 Å². The molecule has 0 bridgehead atoms. The number of benzene rings is 1. The number of hydroxylamine groups is 2. The van der Waals surface area contributed by atoms with E-state index in [1.165, 1.54) is 5.06 Å². The van der Waals surface area contributed by atoms with E-state index in [-0.39, 0.29) is 12.6 Å². The van der Waals surface area contributed by atoms with Gasteiger partial charge in [-0.25, -0.2) is 4.79 Å². The largest absolute Gasteiger partial charge is 0.479 e. The molecule has 1 heterocycles. The molecule has 1 aromatic carbocycles. The van der Waals surface area contributed by atoms with Gasteiger partial charge >= 0.3 is 11.9 Å². The predicted octanol–water partition coefficient (Wildman–Crippen LogP) is 1.60. The number of carbonyl (C=O) groups excluding carboxylic acids is 1. The first-order chi connectivity index (χ1) is 10.2. The average molecular weight is 293 g/mol. The summed E-state index contributed by atoms with van der Waals surface area (Å²) in [6.07, 6.45) is 2.40. The third-order valence-electron chi connectivity index (χ3n) is 3.30. The summed E-state index contributed by atoms with van der Waals surface area (Å²) in [5, 5.41) is 10.1. The molecule has 0 aliphatic carbocycles. The summed E-state index contributed by atoms with van der Waals surface area (Å²) in [6, 6.07) is 8.90. The molecule has 6 nitrogen and oxygen atoms in total. The Hall–Kier alpha value is -1.92. The molecular weight excluding hydrogens is 274 g/mol. The standard InChI is InChI=1S/C15H19NO5/c17-14(18)11-21-16-9-5-4-8-13(16)15(19)20-10-12-6-2-1-3-7-12/h1-3,6-7,13H,4-5,8-11H2,(H,17,18)/t13-/m1/s1. The predicted molar refractivity (Wildman–Crippen MR) is 74.2 cm³/mol. The molecule has 1 aliphatic rings. The Bertz CT molecular complexity index is 476. The van der Waals surface area contributed by atoms with E-state index in [4.69, 9.17) is 14.7 Å². The van der Waals surface area contributed by atoms with Crippen LogP contribution in [0.2, 0.25) is 0 Å². The number of hydrogen-bond donors (Lipinski definition) is 1. The second kappa shape index (κ2) is 7.75. The lowest BCUT2D eigenvalue weighted by Crippen LogP contribution is -2.46. The van der Waals surface area contributed by atoms with Gasteiger partial charge in [0.1, 0.15) is 12.6 Å². The van der Waals surface area contributed by atoms with Crippen molar-refractivity contribution in [1.82, 2.24) is 5.06 Å². The Morgan fingerprint density at radius 3 is 2.71 bits per heavy atom. The maximum absolute atomic E-state index is 12.1. The SMILES string of the molecule is O=C(O)CON1CCCC[C@@H]1C(=O)OCc1ccccc1. The number of nitrogens with zero attached hydrogens (tertiary/aromatic N) is 1. The van der Waals surface area contributed by atoms with Crippen LogP contribution < -0.4 is 0 Å². The monoisotopic (exact) mass is 293 g/mol. The molecule has 0 spiro atoms. The number of esters is 1. The highest BCUT2D eigenvalue weighted by Gasteiger charge is 2.31. The molecule has 114 valence electrons. The molecule has 1 aromatic rings. The second-order valence-corrected chi connectivity index (χ2v) is 4.91. The van der Waals surface area contributed by atoms with E-state index in [0.29, 0.717) is 13.0 Å². The van der Waals surface area contributed by atoms with Crippen molar-refractivity contribution in [3.63, 3.8) is 0 Å². The molecule has 0 unspecified atom stereocenters. The Labute approximate surface area is 123 Å². The van der Waals surface area contributed by atoms with Crippen LogP contribution in [0.25, 0.3) is 0 Å². The molecule has 6 heteroatoms. The van der Waals surface area contributed by atoms with Gasteiger partial charge in [-0.2, -0.15) is 5.06 Å². The van der Waals surface area contributed by atoms with Crippen LogP contribution in [-0.4, -0.2) is 41.3 Å². The number of rotatable bonds is 6. The summed E-state index contributed by atoms with van der Waals surface area (Å²) in [6.45, 7) is 0.309. The van der Waals surface area contributed by atoms with Crippen molar-refractivity contribution in [3.8, 4) is 0 Å². The Morgan fingerprint density at radius 1 is 1.24 bits per heavy atom. The first kappa shape index (κ1) is 15.5. The van der Waals surface area contributed by atoms with Gasteiger partial charge < -0.3 is 9.84 Å². The molecule has 1 aliphatic heterocycles. The number of carboxylic acid groups (broad SMARTS) is 1.